The van der Waals surface area contributed by atoms with Gasteiger partial charge in [-0.1, -0.05) is 35.5 Å². The Kier molecular flexibility index (Phi) is 3.68. The lowest BCUT2D eigenvalue weighted by Crippen LogP contribution is -2.28. The molecule has 4 heteroatoms. The number of benzene rings is 1. The van der Waals surface area contributed by atoms with Crippen molar-refractivity contribution < 1.29 is 9.32 Å². The molecule has 23 heavy (non-hydrogen) atoms. The molecule has 1 amide bonds. The maximum absolute atomic E-state index is 12.7. The first-order chi connectivity index (χ1) is 11.2. The second kappa shape index (κ2) is 5.84. The van der Waals surface area contributed by atoms with Gasteiger partial charge >= 0.3 is 0 Å². The molecule has 0 N–H and O–H groups in total. The van der Waals surface area contributed by atoms with Crippen LogP contribution in [0.3, 0.4) is 0 Å². The Balaban J connectivity index is 1.41. The molecule has 1 fully saturated rings. The summed E-state index contributed by atoms with van der Waals surface area (Å²) in [5, 5.41) is 4.21. The first-order valence-electron chi connectivity index (χ1n) is 8.50. The molecule has 0 aliphatic heterocycles. The first kappa shape index (κ1) is 14.5. The highest BCUT2D eigenvalue weighted by molar-refractivity contribution is 5.82. The van der Waals surface area contributed by atoms with Crippen molar-refractivity contribution in [1.29, 1.82) is 0 Å². The van der Waals surface area contributed by atoms with Crippen LogP contribution in [0.4, 0.5) is 0 Å². The number of rotatable bonds is 4. The molecule has 1 aromatic heterocycles. The molecule has 0 spiro atoms. The number of hydrogen-bond donors (Lipinski definition) is 0. The van der Waals surface area contributed by atoms with Crippen LogP contribution >= 0.6 is 0 Å². The topological polar surface area (TPSA) is 46.3 Å². The number of carbonyl (C=O) groups excluding carboxylic acids is 1. The highest BCUT2D eigenvalue weighted by Gasteiger charge is 2.45. The highest BCUT2D eigenvalue weighted by atomic mass is 16.5. The highest BCUT2D eigenvalue weighted by Crippen LogP contribution is 2.48. The van der Waals surface area contributed by atoms with Crippen molar-refractivity contribution in [1.82, 2.24) is 10.1 Å². The minimum absolute atomic E-state index is 0.130. The SMILES string of the molecule is CN(Cc1noc2c1CCCC2)C(=O)[C@@H]1C[C@H]1c1ccccc1. The lowest BCUT2D eigenvalue weighted by molar-refractivity contribution is -0.131. The van der Waals surface area contributed by atoms with Gasteiger partial charge in [0.15, 0.2) is 0 Å². The van der Waals surface area contributed by atoms with E-state index in [4.69, 9.17) is 4.52 Å². The summed E-state index contributed by atoms with van der Waals surface area (Å²) in [6.45, 7) is 0.565. The Morgan fingerprint density at radius 1 is 1.26 bits per heavy atom. The van der Waals surface area contributed by atoms with Gasteiger partial charge in [-0.25, -0.2) is 0 Å². The number of aryl methyl sites for hydroxylation is 1. The zero-order chi connectivity index (χ0) is 15.8. The van der Waals surface area contributed by atoms with E-state index in [1.54, 1.807) is 0 Å². The van der Waals surface area contributed by atoms with Gasteiger partial charge in [0.25, 0.3) is 0 Å². The fourth-order valence-corrected chi connectivity index (χ4v) is 3.70. The summed E-state index contributed by atoms with van der Waals surface area (Å²) >= 11 is 0. The largest absolute Gasteiger partial charge is 0.361 e. The van der Waals surface area contributed by atoms with E-state index in [1.165, 1.54) is 24.0 Å². The number of hydrogen-bond acceptors (Lipinski definition) is 3. The van der Waals surface area contributed by atoms with Crippen LogP contribution in [0.15, 0.2) is 34.9 Å². The molecule has 2 aromatic rings. The zero-order valence-electron chi connectivity index (χ0n) is 13.5. The van der Waals surface area contributed by atoms with E-state index in [9.17, 15) is 4.79 Å². The summed E-state index contributed by atoms with van der Waals surface area (Å²) in [6, 6.07) is 10.3. The first-order valence-corrected chi connectivity index (χ1v) is 8.50. The van der Waals surface area contributed by atoms with Gasteiger partial charge in [-0.15, -0.1) is 0 Å². The smallest absolute Gasteiger partial charge is 0.226 e. The van der Waals surface area contributed by atoms with Crippen molar-refractivity contribution in [3.05, 3.63) is 52.9 Å². The third-order valence-corrected chi connectivity index (χ3v) is 5.13. The number of carbonyl (C=O) groups is 1. The van der Waals surface area contributed by atoms with Gasteiger partial charge in [0.1, 0.15) is 11.5 Å². The standard InChI is InChI=1S/C19H22N2O2/c1-21(12-17-14-9-5-6-10-18(14)23-20-17)19(22)16-11-15(16)13-7-3-2-4-8-13/h2-4,7-8,15-16H,5-6,9-12H2,1H3/t15-,16+/m0/s1. The molecule has 4 rings (SSSR count). The molecule has 1 saturated carbocycles. The van der Waals surface area contributed by atoms with E-state index in [1.807, 2.05) is 30.1 Å². The van der Waals surface area contributed by atoms with Gasteiger partial charge in [-0.2, -0.15) is 0 Å². The van der Waals surface area contributed by atoms with Crippen molar-refractivity contribution in [2.75, 3.05) is 7.05 Å². The Morgan fingerprint density at radius 3 is 2.87 bits per heavy atom. The summed E-state index contributed by atoms with van der Waals surface area (Å²) in [5.41, 5.74) is 3.47. The summed E-state index contributed by atoms with van der Waals surface area (Å²) in [4.78, 5) is 14.5. The van der Waals surface area contributed by atoms with Gasteiger partial charge in [0.05, 0.1) is 6.54 Å². The fourth-order valence-electron chi connectivity index (χ4n) is 3.70. The van der Waals surface area contributed by atoms with Crippen LogP contribution in [0.5, 0.6) is 0 Å². The lowest BCUT2D eigenvalue weighted by Gasteiger charge is -2.17. The molecule has 2 aliphatic carbocycles. The zero-order valence-corrected chi connectivity index (χ0v) is 13.5. The lowest BCUT2D eigenvalue weighted by atomic mass is 9.96. The summed E-state index contributed by atoms with van der Waals surface area (Å²) in [6.07, 6.45) is 5.35. The van der Waals surface area contributed by atoms with Crippen molar-refractivity contribution in [2.24, 2.45) is 5.92 Å². The van der Waals surface area contributed by atoms with Crippen LogP contribution in [-0.4, -0.2) is 23.0 Å². The second-order valence-electron chi connectivity index (χ2n) is 6.79. The van der Waals surface area contributed by atoms with E-state index in [0.717, 1.165) is 30.7 Å². The normalized spacial score (nSPS) is 22.5. The van der Waals surface area contributed by atoms with Crippen molar-refractivity contribution >= 4 is 5.91 Å². The van der Waals surface area contributed by atoms with Crippen molar-refractivity contribution in [3.63, 3.8) is 0 Å². The maximum atomic E-state index is 12.7. The number of fused-ring (bicyclic) bond motifs is 1. The van der Waals surface area contributed by atoms with Gasteiger partial charge < -0.3 is 9.42 Å². The van der Waals surface area contributed by atoms with Crippen molar-refractivity contribution in [2.45, 2.75) is 44.6 Å². The third-order valence-electron chi connectivity index (χ3n) is 5.13. The molecule has 0 unspecified atom stereocenters. The van der Waals surface area contributed by atoms with E-state index in [2.05, 4.69) is 17.3 Å². The van der Waals surface area contributed by atoms with Gasteiger partial charge in [-0.3, -0.25) is 4.79 Å². The predicted octanol–water partition coefficient (Wildman–Crippen LogP) is 3.32. The summed E-state index contributed by atoms with van der Waals surface area (Å²) < 4.78 is 5.45. The van der Waals surface area contributed by atoms with Crippen LogP contribution < -0.4 is 0 Å². The monoisotopic (exact) mass is 310 g/mol. The molecular formula is C19H22N2O2. The summed E-state index contributed by atoms with van der Waals surface area (Å²) in [7, 11) is 1.88. The molecule has 0 radical (unpaired) electrons. The average Bonchev–Trinajstić information content (AvgIpc) is 3.30. The van der Waals surface area contributed by atoms with Crippen LogP contribution in [0.1, 0.15) is 47.8 Å². The minimum atomic E-state index is 0.130. The Bertz CT molecular complexity index is 707. The number of nitrogens with zero attached hydrogens (tertiary/aromatic N) is 2. The molecular weight excluding hydrogens is 288 g/mol. The molecule has 1 heterocycles. The van der Waals surface area contributed by atoms with Crippen LogP contribution in [0, 0.1) is 5.92 Å². The molecule has 0 saturated heterocycles. The molecule has 2 aliphatic rings. The van der Waals surface area contributed by atoms with E-state index < -0.39 is 0 Å². The molecule has 4 nitrogen and oxygen atoms in total. The average molecular weight is 310 g/mol. The Morgan fingerprint density at radius 2 is 2.04 bits per heavy atom. The number of aromatic nitrogens is 1. The van der Waals surface area contributed by atoms with Crippen LogP contribution in [0.2, 0.25) is 0 Å². The minimum Gasteiger partial charge on any atom is -0.361 e. The van der Waals surface area contributed by atoms with Gasteiger partial charge in [-0.05, 0) is 37.2 Å². The second-order valence-corrected chi connectivity index (χ2v) is 6.79. The molecule has 0 bridgehead atoms. The van der Waals surface area contributed by atoms with Gasteiger partial charge in [0, 0.05) is 24.9 Å². The van der Waals surface area contributed by atoms with Gasteiger partial charge in [0.2, 0.25) is 5.91 Å². The predicted molar refractivity (Wildman–Crippen MR) is 86.9 cm³/mol. The van der Waals surface area contributed by atoms with Crippen LogP contribution in [-0.2, 0) is 24.2 Å². The van der Waals surface area contributed by atoms with Crippen LogP contribution in [0.25, 0.3) is 0 Å². The summed E-state index contributed by atoms with van der Waals surface area (Å²) in [5.74, 6) is 1.77. The maximum Gasteiger partial charge on any atom is 0.226 e. The van der Waals surface area contributed by atoms with E-state index in [0.29, 0.717) is 12.5 Å². The molecule has 120 valence electrons. The Labute approximate surface area is 136 Å². The quantitative estimate of drug-likeness (QED) is 0.870. The molecule has 1 aromatic carbocycles. The van der Waals surface area contributed by atoms with E-state index in [-0.39, 0.29) is 11.8 Å². The van der Waals surface area contributed by atoms with E-state index >= 15 is 0 Å². The molecule has 2 atom stereocenters. The fraction of sp³-hybridized carbons (Fsp3) is 0.474. The van der Waals surface area contributed by atoms with Crippen molar-refractivity contribution in [3.8, 4) is 0 Å². The third kappa shape index (κ3) is 2.78. The number of amides is 1. The Hall–Kier alpha value is -2.10.